The van der Waals surface area contributed by atoms with Crippen LogP contribution >= 0.6 is 0 Å². The Kier molecular flexibility index (Phi) is 2.10. The molecule has 1 saturated carbocycles. The molecule has 0 aliphatic heterocycles. The largest absolute Gasteiger partial charge is 0.468 e. The Morgan fingerprint density at radius 2 is 2.33 bits per heavy atom. The summed E-state index contributed by atoms with van der Waals surface area (Å²) in [5, 5.41) is 8.83. The Morgan fingerprint density at radius 3 is 2.58 bits per heavy atom. The molecule has 0 heterocycles. The number of methoxy groups -OCH3 is 1. The van der Waals surface area contributed by atoms with Crippen molar-refractivity contribution in [1.29, 1.82) is 5.26 Å². The Labute approximate surface area is 72.3 Å². The summed E-state index contributed by atoms with van der Waals surface area (Å²) in [6.07, 6.45) is 0.661. The number of nitrogens with zero attached hydrogens (tertiary/aromatic N) is 1. The summed E-state index contributed by atoms with van der Waals surface area (Å²) in [6.45, 7) is 4.04. The van der Waals surface area contributed by atoms with E-state index in [0.29, 0.717) is 12.3 Å². The van der Waals surface area contributed by atoms with Gasteiger partial charge in [-0.2, -0.15) is 5.26 Å². The lowest BCUT2D eigenvalue weighted by Gasteiger charge is -2.07. The Balaban J connectivity index is 2.73. The zero-order chi connectivity index (χ0) is 9.35. The van der Waals surface area contributed by atoms with Crippen LogP contribution in [0.5, 0.6) is 0 Å². The molecule has 12 heavy (non-hydrogen) atoms. The van der Waals surface area contributed by atoms with Crippen LogP contribution in [0.2, 0.25) is 0 Å². The molecule has 3 nitrogen and oxygen atoms in total. The summed E-state index contributed by atoms with van der Waals surface area (Å²) in [4.78, 5) is 11.2. The second-order valence-corrected chi connectivity index (χ2v) is 3.63. The van der Waals surface area contributed by atoms with Gasteiger partial charge < -0.3 is 4.74 Å². The lowest BCUT2D eigenvalue weighted by atomic mass is 9.99. The predicted molar refractivity (Wildman–Crippen MR) is 43.0 cm³/mol. The molecule has 0 saturated heterocycles. The molecule has 2 atom stereocenters. The minimum absolute atomic E-state index is 0.190. The highest BCUT2D eigenvalue weighted by atomic mass is 16.5. The maximum atomic E-state index is 11.2. The normalized spacial score (nSPS) is 32.8. The molecule has 0 N–H and O–H groups in total. The summed E-state index contributed by atoms with van der Waals surface area (Å²) in [5.41, 5.74) is -0.817. The number of carbonyl (C=O) groups excluding carboxylic acids is 1. The second-order valence-electron chi connectivity index (χ2n) is 3.63. The first-order valence-corrected chi connectivity index (χ1v) is 4.08. The van der Waals surface area contributed by atoms with E-state index in [-0.39, 0.29) is 11.9 Å². The average molecular weight is 167 g/mol. The number of hydrogen-bond acceptors (Lipinski definition) is 3. The van der Waals surface area contributed by atoms with Gasteiger partial charge in [-0.05, 0) is 18.3 Å². The van der Waals surface area contributed by atoms with Crippen LogP contribution in [0.3, 0.4) is 0 Å². The van der Waals surface area contributed by atoms with E-state index < -0.39 is 5.41 Å². The average Bonchev–Trinajstić information content (AvgIpc) is 2.79. The molecular weight excluding hydrogens is 154 g/mol. The summed E-state index contributed by atoms with van der Waals surface area (Å²) in [5.74, 6) is 0.197. The standard InChI is InChI=1S/C9H13NO2/c1-6(2)7-4-9(7,5-10)8(11)12-3/h6-7H,4H2,1-3H3/t7-,9-/m0/s1. The maximum absolute atomic E-state index is 11.2. The van der Waals surface area contributed by atoms with Crippen LogP contribution in [0.1, 0.15) is 20.3 Å². The third-order valence-electron chi connectivity index (χ3n) is 2.57. The van der Waals surface area contributed by atoms with Crippen molar-refractivity contribution in [2.45, 2.75) is 20.3 Å². The van der Waals surface area contributed by atoms with Crippen molar-refractivity contribution in [2.75, 3.05) is 7.11 Å². The third kappa shape index (κ3) is 1.08. The van der Waals surface area contributed by atoms with E-state index in [4.69, 9.17) is 5.26 Å². The van der Waals surface area contributed by atoms with Gasteiger partial charge in [0.25, 0.3) is 0 Å². The van der Waals surface area contributed by atoms with E-state index in [0.717, 1.165) is 0 Å². The smallest absolute Gasteiger partial charge is 0.326 e. The van der Waals surface area contributed by atoms with Gasteiger partial charge in [-0.3, -0.25) is 4.79 Å². The van der Waals surface area contributed by atoms with E-state index in [1.807, 2.05) is 13.8 Å². The fourth-order valence-corrected chi connectivity index (χ4v) is 1.68. The molecule has 1 aliphatic carbocycles. The zero-order valence-electron chi connectivity index (χ0n) is 7.63. The Bertz CT molecular complexity index is 241. The molecule has 0 aromatic heterocycles. The van der Waals surface area contributed by atoms with E-state index in [2.05, 4.69) is 10.8 Å². The predicted octanol–water partition coefficient (Wildman–Crippen LogP) is 1.35. The van der Waals surface area contributed by atoms with Gasteiger partial charge in [0.2, 0.25) is 0 Å². The van der Waals surface area contributed by atoms with Gasteiger partial charge in [0.15, 0.2) is 5.41 Å². The van der Waals surface area contributed by atoms with Crippen LogP contribution in [-0.2, 0) is 9.53 Å². The Hall–Kier alpha value is -1.04. The summed E-state index contributed by atoms with van der Waals surface area (Å²) >= 11 is 0. The van der Waals surface area contributed by atoms with Crippen LogP contribution < -0.4 is 0 Å². The van der Waals surface area contributed by atoms with Crippen molar-refractivity contribution in [3.63, 3.8) is 0 Å². The molecule has 0 radical (unpaired) electrons. The van der Waals surface area contributed by atoms with Crippen molar-refractivity contribution in [3.8, 4) is 6.07 Å². The quantitative estimate of drug-likeness (QED) is 0.583. The molecule has 66 valence electrons. The molecular formula is C9H13NO2. The minimum atomic E-state index is -0.817. The van der Waals surface area contributed by atoms with Crippen LogP contribution in [-0.4, -0.2) is 13.1 Å². The first-order valence-electron chi connectivity index (χ1n) is 4.08. The maximum Gasteiger partial charge on any atom is 0.326 e. The van der Waals surface area contributed by atoms with Gasteiger partial charge in [-0.15, -0.1) is 0 Å². The van der Waals surface area contributed by atoms with Crippen molar-refractivity contribution >= 4 is 5.97 Å². The highest BCUT2D eigenvalue weighted by molar-refractivity contribution is 5.84. The van der Waals surface area contributed by atoms with Gasteiger partial charge in [0.1, 0.15) is 0 Å². The molecule has 0 unspecified atom stereocenters. The number of ether oxygens (including phenoxy) is 1. The fraction of sp³-hybridized carbons (Fsp3) is 0.778. The van der Waals surface area contributed by atoms with Crippen molar-refractivity contribution in [1.82, 2.24) is 0 Å². The number of carbonyl (C=O) groups is 1. The summed E-state index contributed by atoms with van der Waals surface area (Å²) in [6, 6.07) is 2.06. The van der Waals surface area contributed by atoms with Gasteiger partial charge in [0, 0.05) is 0 Å². The topological polar surface area (TPSA) is 50.1 Å². The van der Waals surface area contributed by atoms with Crippen LogP contribution in [0.4, 0.5) is 0 Å². The molecule has 1 fully saturated rings. The van der Waals surface area contributed by atoms with Gasteiger partial charge >= 0.3 is 5.97 Å². The highest BCUT2D eigenvalue weighted by Gasteiger charge is 2.63. The van der Waals surface area contributed by atoms with Crippen LogP contribution in [0.25, 0.3) is 0 Å². The van der Waals surface area contributed by atoms with Gasteiger partial charge in [-0.1, -0.05) is 13.8 Å². The molecule has 0 amide bonds. The number of rotatable bonds is 2. The Morgan fingerprint density at radius 1 is 1.75 bits per heavy atom. The third-order valence-corrected chi connectivity index (χ3v) is 2.57. The van der Waals surface area contributed by atoms with E-state index in [9.17, 15) is 4.79 Å². The van der Waals surface area contributed by atoms with Crippen LogP contribution in [0, 0.1) is 28.6 Å². The molecule has 1 rings (SSSR count). The van der Waals surface area contributed by atoms with Crippen LogP contribution in [0.15, 0.2) is 0 Å². The molecule has 0 spiro atoms. The first kappa shape index (κ1) is 9.05. The fourth-order valence-electron chi connectivity index (χ4n) is 1.68. The molecule has 0 bridgehead atoms. The van der Waals surface area contributed by atoms with Crippen molar-refractivity contribution in [3.05, 3.63) is 0 Å². The zero-order valence-corrected chi connectivity index (χ0v) is 7.63. The SMILES string of the molecule is COC(=O)[C@]1(C#N)C[C@H]1C(C)C. The lowest BCUT2D eigenvalue weighted by Crippen LogP contribution is -2.19. The van der Waals surface area contributed by atoms with E-state index in [1.54, 1.807) is 0 Å². The summed E-state index contributed by atoms with van der Waals surface area (Å²) < 4.78 is 4.59. The highest BCUT2D eigenvalue weighted by Crippen LogP contribution is 2.56. The van der Waals surface area contributed by atoms with Gasteiger partial charge in [0.05, 0.1) is 13.2 Å². The van der Waals surface area contributed by atoms with Crippen molar-refractivity contribution < 1.29 is 9.53 Å². The van der Waals surface area contributed by atoms with Gasteiger partial charge in [-0.25, -0.2) is 0 Å². The minimum Gasteiger partial charge on any atom is -0.468 e. The second kappa shape index (κ2) is 2.78. The summed E-state index contributed by atoms with van der Waals surface area (Å²) in [7, 11) is 1.33. The molecule has 0 aromatic carbocycles. The number of esters is 1. The number of nitriles is 1. The van der Waals surface area contributed by atoms with Crippen molar-refractivity contribution in [2.24, 2.45) is 17.3 Å². The first-order chi connectivity index (χ1) is 5.58. The molecule has 3 heteroatoms. The molecule has 0 aromatic rings. The monoisotopic (exact) mass is 167 g/mol. The molecule has 1 aliphatic rings. The lowest BCUT2D eigenvalue weighted by molar-refractivity contribution is -0.145. The number of hydrogen-bond donors (Lipinski definition) is 0. The van der Waals surface area contributed by atoms with E-state index >= 15 is 0 Å². The van der Waals surface area contributed by atoms with E-state index in [1.165, 1.54) is 7.11 Å².